The van der Waals surface area contributed by atoms with Gasteiger partial charge in [-0.3, -0.25) is 0 Å². The molecular formula is C26H22ClN5O. The van der Waals surface area contributed by atoms with Crippen molar-refractivity contribution in [3.63, 3.8) is 0 Å². The predicted octanol–water partition coefficient (Wildman–Crippen LogP) is 4.88. The van der Waals surface area contributed by atoms with Crippen molar-refractivity contribution in [3.05, 3.63) is 83.1 Å². The lowest BCUT2D eigenvalue weighted by Gasteiger charge is -2.42. The van der Waals surface area contributed by atoms with Crippen molar-refractivity contribution in [2.75, 3.05) is 0 Å². The molecule has 0 amide bonds. The fraction of sp³-hybridized carbons (Fsp3) is 0.192. The summed E-state index contributed by atoms with van der Waals surface area (Å²) in [6, 6.07) is 19.9. The van der Waals surface area contributed by atoms with E-state index >= 15 is 0 Å². The molecule has 1 saturated carbocycles. The predicted molar refractivity (Wildman–Crippen MR) is 130 cm³/mol. The highest BCUT2D eigenvalue weighted by molar-refractivity contribution is 6.33. The second-order valence-corrected chi connectivity index (χ2v) is 9.29. The maximum atomic E-state index is 9.74. The van der Waals surface area contributed by atoms with Gasteiger partial charge in [0.05, 0.1) is 17.5 Å². The topological polar surface area (TPSA) is 89.3 Å². The van der Waals surface area contributed by atoms with Gasteiger partial charge in [-0.2, -0.15) is 9.61 Å². The first-order chi connectivity index (χ1) is 15.9. The molecule has 1 aliphatic rings. The highest BCUT2D eigenvalue weighted by Gasteiger charge is 2.41. The SMILES string of the molecule is Cc1cc2ncc3cc(-c4ccccc4Cl)c(-c4ccc([C@]5(N)C[C@H](O)C5)cc4)nc3n2n1. The van der Waals surface area contributed by atoms with Crippen LogP contribution in [0.4, 0.5) is 0 Å². The van der Waals surface area contributed by atoms with E-state index in [9.17, 15) is 5.11 Å². The number of nitrogens with zero attached hydrogens (tertiary/aromatic N) is 4. The van der Waals surface area contributed by atoms with Crippen LogP contribution in [-0.2, 0) is 5.54 Å². The van der Waals surface area contributed by atoms with Gasteiger partial charge in [0.25, 0.3) is 0 Å². The summed E-state index contributed by atoms with van der Waals surface area (Å²) in [7, 11) is 0. The van der Waals surface area contributed by atoms with Gasteiger partial charge in [0.1, 0.15) is 0 Å². The van der Waals surface area contributed by atoms with Gasteiger partial charge in [0.15, 0.2) is 11.3 Å². The highest BCUT2D eigenvalue weighted by atomic mass is 35.5. The molecule has 164 valence electrons. The summed E-state index contributed by atoms with van der Waals surface area (Å²) in [5.41, 5.74) is 13.0. The monoisotopic (exact) mass is 455 g/mol. The Balaban J connectivity index is 1.57. The van der Waals surface area contributed by atoms with Crippen LogP contribution in [0.25, 0.3) is 39.1 Å². The van der Waals surface area contributed by atoms with E-state index in [1.54, 1.807) is 4.52 Å². The summed E-state index contributed by atoms with van der Waals surface area (Å²) in [5.74, 6) is 0. The highest BCUT2D eigenvalue weighted by Crippen LogP contribution is 2.41. The average molecular weight is 456 g/mol. The second kappa shape index (κ2) is 7.35. The summed E-state index contributed by atoms with van der Waals surface area (Å²) >= 11 is 6.59. The summed E-state index contributed by atoms with van der Waals surface area (Å²) < 4.78 is 1.78. The zero-order valence-electron chi connectivity index (χ0n) is 18.0. The largest absolute Gasteiger partial charge is 0.393 e. The van der Waals surface area contributed by atoms with Gasteiger partial charge >= 0.3 is 0 Å². The van der Waals surface area contributed by atoms with Crippen LogP contribution < -0.4 is 5.73 Å². The summed E-state index contributed by atoms with van der Waals surface area (Å²) in [4.78, 5) is 9.62. The van der Waals surface area contributed by atoms with Crippen LogP contribution in [-0.4, -0.2) is 30.8 Å². The van der Waals surface area contributed by atoms with Crippen molar-refractivity contribution in [1.82, 2.24) is 19.6 Å². The fourth-order valence-electron chi connectivity index (χ4n) is 4.73. The van der Waals surface area contributed by atoms with Gasteiger partial charge in [0.2, 0.25) is 0 Å². The molecule has 3 N–H and O–H groups in total. The first kappa shape index (κ1) is 20.3. The zero-order chi connectivity index (χ0) is 22.7. The van der Waals surface area contributed by atoms with Crippen LogP contribution in [0, 0.1) is 6.92 Å². The lowest BCUT2D eigenvalue weighted by molar-refractivity contribution is 0.0209. The van der Waals surface area contributed by atoms with Crippen LogP contribution in [0.1, 0.15) is 24.1 Å². The molecule has 0 bridgehead atoms. The number of fused-ring (bicyclic) bond motifs is 3. The second-order valence-electron chi connectivity index (χ2n) is 8.89. The minimum Gasteiger partial charge on any atom is -0.393 e. The Bertz CT molecular complexity index is 1520. The van der Waals surface area contributed by atoms with E-state index in [0.717, 1.165) is 50.3 Å². The van der Waals surface area contributed by atoms with Crippen molar-refractivity contribution >= 4 is 28.3 Å². The third-order valence-electron chi connectivity index (χ3n) is 6.48. The molecule has 6 nitrogen and oxygen atoms in total. The van der Waals surface area contributed by atoms with Gasteiger partial charge in [-0.05, 0) is 37.5 Å². The van der Waals surface area contributed by atoms with E-state index in [1.165, 1.54) is 0 Å². The Labute approximate surface area is 195 Å². The molecule has 6 rings (SSSR count). The average Bonchev–Trinajstić information content (AvgIpc) is 3.18. The van der Waals surface area contributed by atoms with Gasteiger partial charge in [-0.15, -0.1) is 0 Å². The molecule has 33 heavy (non-hydrogen) atoms. The van der Waals surface area contributed by atoms with E-state index in [1.807, 2.05) is 67.7 Å². The first-order valence-corrected chi connectivity index (χ1v) is 11.3. The number of pyridine rings is 1. The smallest absolute Gasteiger partial charge is 0.165 e. The van der Waals surface area contributed by atoms with E-state index < -0.39 is 5.54 Å². The molecule has 0 atom stereocenters. The van der Waals surface area contributed by atoms with Crippen molar-refractivity contribution in [1.29, 1.82) is 0 Å². The van der Waals surface area contributed by atoms with Crippen molar-refractivity contribution in [2.45, 2.75) is 31.4 Å². The van der Waals surface area contributed by atoms with Gasteiger partial charge in [-0.25, -0.2) is 9.97 Å². The Kier molecular flexibility index (Phi) is 4.52. The zero-order valence-corrected chi connectivity index (χ0v) is 18.8. The number of halogens is 1. The van der Waals surface area contributed by atoms with Crippen molar-refractivity contribution < 1.29 is 5.11 Å². The van der Waals surface area contributed by atoms with Crippen LogP contribution in [0.15, 0.2) is 66.9 Å². The molecule has 1 aliphatic carbocycles. The number of hydrogen-bond acceptors (Lipinski definition) is 5. The number of aliphatic hydroxyl groups is 1. The molecule has 3 aromatic heterocycles. The molecule has 2 aromatic carbocycles. The molecule has 3 heterocycles. The lowest BCUT2D eigenvalue weighted by atomic mass is 9.70. The summed E-state index contributed by atoms with van der Waals surface area (Å²) in [5, 5.41) is 15.9. The molecule has 0 spiro atoms. The molecule has 0 unspecified atom stereocenters. The standard InChI is InChI=1S/C26H22ClN5O/c1-15-10-23-29-14-17-11-21(20-4-2-3-5-22(20)27)24(30-25(17)32(23)31-15)16-6-8-18(9-7-16)26(28)12-19(33)13-26/h2-11,14,19,33H,12-13,28H2,1H3/t19-,26-. The molecule has 0 aliphatic heterocycles. The van der Waals surface area contributed by atoms with Crippen molar-refractivity contribution in [3.8, 4) is 22.4 Å². The third kappa shape index (κ3) is 3.30. The molecule has 0 saturated heterocycles. The van der Waals surface area contributed by atoms with E-state index in [2.05, 4.69) is 16.1 Å². The lowest BCUT2D eigenvalue weighted by Crippen LogP contribution is -2.51. The van der Waals surface area contributed by atoms with Crippen LogP contribution in [0.5, 0.6) is 0 Å². The third-order valence-corrected chi connectivity index (χ3v) is 6.81. The van der Waals surface area contributed by atoms with Crippen molar-refractivity contribution in [2.24, 2.45) is 5.73 Å². The Hall–Kier alpha value is -3.32. The molecule has 1 fully saturated rings. The molecule has 5 aromatic rings. The maximum absolute atomic E-state index is 9.74. The Morgan fingerprint density at radius 2 is 1.82 bits per heavy atom. The normalized spacial score (nSPS) is 20.3. The minimum absolute atomic E-state index is 0.322. The van der Waals surface area contributed by atoms with Gasteiger partial charge in [-0.1, -0.05) is 54.1 Å². The quantitative estimate of drug-likeness (QED) is 0.404. The van der Waals surface area contributed by atoms with Crippen LogP contribution in [0.3, 0.4) is 0 Å². The van der Waals surface area contributed by atoms with E-state index in [4.69, 9.17) is 22.3 Å². The number of nitrogens with two attached hydrogens (primary N) is 1. The number of aromatic nitrogens is 4. The molecular weight excluding hydrogens is 434 g/mol. The number of benzene rings is 2. The molecule has 0 radical (unpaired) electrons. The molecule has 7 heteroatoms. The number of hydrogen-bond donors (Lipinski definition) is 2. The first-order valence-electron chi connectivity index (χ1n) is 10.9. The van der Waals surface area contributed by atoms with Crippen LogP contribution in [0.2, 0.25) is 5.02 Å². The number of aryl methyl sites for hydroxylation is 1. The van der Waals surface area contributed by atoms with E-state index in [-0.39, 0.29) is 6.10 Å². The maximum Gasteiger partial charge on any atom is 0.165 e. The van der Waals surface area contributed by atoms with Gasteiger partial charge < -0.3 is 10.8 Å². The summed E-state index contributed by atoms with van der Waals surface area (Å²) in [6.07, 6.45) is 2.66. The Morgan fingerprint density at radius 1 is 1.06 bits per heavy atom. The van der Waals surface area contributed by atoms with Gasteiger partial charge in [0, 0.05) is 44.9 Å². The van der Waals surface area contributed by atoms with E-state index in [0.29, 0.717) is 17.9 Å². The van der Waals surface area contributed by atoms with Crippen LogP contribution >= 0.6 is 11.6 Å². The minimum atomic E-state index is -0.468. The Morgan fingerprint density at radius 3 is 2.55 bits per heavy atom. The number of rotatable bonds is 3. The number of aliphatic hydroxyl groups excluding tert-OH is 1. The summed E-state index contributed by atoms with van der Waals surface area (Å²) in [6.45, 7) is 1.94. The fourth-order valence-corrected chi connectivity index (χ4v) is 4.97.